The average molecular weight is 209 g/mol. The molecule has 3 atom stereocenters. The summed E-state index contributed by atoms with van der Waals surface area (Å²) < 4.78 is 5.40. The highest BCUT2D eigenvalue weighted by molar-refractivity contribution is 4.99. The van der Waals surface area contributed by atoms with Gasteiger partial charge in [0.2, 0.25) is 0 Å². The SMILES string of the molecule is C1CCC(C2CC2NC2CCOC2)CC1. The molecule has 0 bridgehead atoms. The summed E-state index contributed by atoms with van der Waals surface area (Å²) in [5, 5.41) is 3.78. The number of nitrogens with one attached hydrogen (secondary N) is 1. The fourth-order valence-electron chi connectivity index (χ4n) is 3.46. The minimum Gasteiger partial charge on any atom is -0.380 e. The molecule has 15 heavy (non-hydrogen) atoms. The van der Waals surface area contributed by atoms with Crippen molar-refractivity contribution in [3.05, 3.63) is 0 Å². The first-order valence-corrected chi connectivity index (χ1v) is 6.77. The third-order valence-electron chi connectivity index (χ3n) is 4.47. The fraction of sp³-hybridized carbons (Fsp3) is 1.00. The topological polar surface area (TPSA) is 21.3 Å². The van der Waals surface area contributed by atoms with Crippen LogP contribution in [0.25, 0.3) is 0 Å². The van der Waals surface area contributed by atoms with Crippen molar-refractivity contribution in [2.75, 3.05) is 13.2 Å². The lowest BCUT2D eigenvalue weighted by molar-refractivity contribution is 0.189. The molecule has 1 N–H and O–H groups in total. The van der Waals surface area contributed by atoms with Crippen molar-refractivity contribution in [3.63, 3.8) is 0 Å². The highest BCUT2D eigenvalue weighted by Gasteiger charge is 2.43. The van der Waals surface area contributed by atoms with Crippen molar-refractivity contribution in [3.8, 4) is 0 Å². The van der Waals surface area contributed by atoms with Gasteiger partial charge in [-0.15, -0.1) is 0 Å². The molecule has 1 aliphatic heterocycles. The molecular weight excluding hydrogens is 186 g/mol. The second kappa shape index (κ2) is 4.42. The van der Waals surface area contributed by atoms with Crippen molar-refractivity contribution in [2.24, 2.45) is 11.8 Å². The number of hydrogen-bond donors (Lipinski definition) is 1. The Bertz CT molecular complexity index is 207. The Kier molecular flexibility index (Phi) is 2.98. The van der Waals surface area contributed by atoms with Gasteiger partial charge in [0.05, 0.1) is 6.61 Å². The maximum absolute atomic E-state index is 5.40. The monoisotopic (exact) mass is 209 g/mol. The van der Waals surface area contributed by atoms with Crippen LogP contribution in [0.2, 0.25) is 0 Å². The molecule has 0 aromatic heterocycles. The van der Waals surface area contributed by atoms with Gasteiger partial charge in [0.15, 0.2) is 0 Å². The smallest absolute Gasteiger partial charge is 0.0620 e. The Morgan fingerprint density at radius 3 is 2.60 bits per heavy atom. The lowest BCUT2D eigenvalue weighted by Crippen LogP contribution is -2.33. The molecule has 2 saturated carbocycles. The molecule has 3 rings (SSSR count). The van der Waals surface area contributed by atoms with Crippen molar-refractivity contribution in [1.29, 1.82) is 0 Å². The largest absolute Gasteiger partial charge is 0.380 e. The van der Waals surface area contributed by atoms with E-state index in [1.165, 1.54) is 44.9 Å². The van der Waals surface area contributed by atoms with Crippen LogP contribution in [-0.2, 0) is 4.74 Å². The third-order valence-corrected chi connectivity index (χ3v) is 4.47. The third kappa shape index (κ3) is 2.36. The van der Waals surface area contributed by atoms with Crippen LogP contribution in [0.15, 0.2) is 0 Å². The number of ether oxygens (including phenoxy) is 1. The Morgan fingerprint density at radius 2 is 1.87 bits per heavy atom. The summed E-state index contributed by atoms with van der Waals surface area (Å²) in [7, 11) is 0. The minimum atomic E-state index is 0.670. The Labute approximate surface area is 92.8 Å². The van der Waals surface area contributed by atoms with E-state index in [-0.39, 0.29) is 0 Å². The standard InChI is InChI=1S/C13H23NO/c1-2-4-10(5-3-1)12-8-13(12)14-11-6-7-15-9-11/h10-14H,1-9H2. The summed E-state index contributed by atoms with van der Waals surface area (Å²) in [6.45, 7) is 1.92. The maximum Gasteiger partial charge on any atom is 0.0620 e. The molecule has 0 spiro atoms. The van der Waals surface area contributed by atoms with Gasteiger partial charge in [-0.05, 0) is 24.7 Å². The van der Waals surface area contributed by atoms with Gasteiger partial charge in [0.25, 0.3) is 0 Å². The van der Waals surface area contributed by atoms with Gasteiger partial charge in [0, 0.05) is 18.7 Å². The summed E-state index contributed by atoms with van der Waals surface area (Å²) in [4.78, 5) is 0. The molecule has 0 aromatic carbocycles. The molecule has 0 radical (unpaired) electrons. The molecular formula is C13H23NO. The highest BCUT2D eigenvalue weighted by atomic mass is 16.5. The lowest BCUT2D eigenvalue weighted by atomic mass is 9.85. The zero-order chi connectivity index (χ0) is 10.1. The van der Waals surface area contributed by atoms with E-state index in [4.69, 9.17) is 4.74 Å². The molecule has 2 aliphatic carbocycles. The average Bonchev–Trinajstić information content (AvgIpc) is 2.84. The van der Waals surface area contributed by atoms with Crippen LogP contribution in [-0.4, -0.2) is 25.3 Å². The van der Waals surface area contributed by atoms with Gasteiger partial charge in [-0.3, -0.25) is 0 Å². The molecule has 2 nitrogen and oxygen atoms in total. The summed E-state index contributed by atoms with van der Waals surface area (Å²) in [5.74, 6) is 2.07. The molecule has 3 unspecified atom stereocenters. The van der Waals surface area contributed by atoms with Gasteiger partial charge < -0.3 is 10.1 Å². The summed E-state index contributed by atoms with van der Waals surface area (Å²) in [5.41, 5.74) is 0. The first kappa shape index (κ1) is 10.1. The fourth-order valence-corrected chi connectivity index (χ4v) is 3.46. The zero-order valence-corrected chi connectivity index (χ0v) is 9.58. The summed E-state index contributed by atoms with van der Waals surface area (Å²) in [6, 6.07) is 1.52. The maximum atomic E-state index is 5.40. The van der Waals surface area contributed by atoms with Crippen LogP contribution >= 0.6 is 0 Å². The normalized spacial score (nSPS) is 42.0. The molecule has 0 amide bonds. The highest BCUT2D eigenvalue weighted by Crippen LogP contribution is 2.44. The molecule has 3 aliphatic rings. The van der Waals surface area contributed by atoms with Crippen LogP contribution in [0.3, 0.4) is 0 Å². The molecule has 1 heterocycles. The van der Waals surface area contributed by atoms with E-state index >= 15 is 0 Å². The molecule has 0 aromatic rings. The lowest BCUT2D eigenvalue weighted by Gasteiger charge is -2.22. The van der Waals surface area contributed by atoms with E-state index in [0.29, 0.717) is 6.04 Å². The van der Waals surface area contributed by atoms with Gasteiger partial charge >= 0.3 is 0 Å². The van der Waals surface area contributed by atoms with Crippen LogP contribution in [0.1, 0.15) is 44.9 Å². The predicted molar refractivity (Wildman–Crippen MR) is 60.8 cm³/mol. The van der Waals surface area contributed by atoms with E-state index in [9.17, 15) is 0 Å². The van der Waals surface area contributed by atoms with Crippen molar-refractivity contribution >= 4 is 0 Å². The first-order valence-electron chi connectivity index (χ1n) is 6.77. The molecule has 2 heteroatoms. The quantitative estimate of drug-likeness (QED) is 0.770. The molecule has 1 saturated heterocycles. The van der Waals surface area contributed by atoms with Crippen LogP contribution in [0.5, 0.6) is 0 Å². The van der Waals surface area contributed by atoms with Crippen LogP contribution < -0.4 is 5.32 Å². The minimum absolute atomic E-state index is 0.670. The van der Waals surface area contributed by atoms with Crippen molar-refractivity contribution in [2.45, 2.75) is 57.0 Å². The van der Waals surface area contributed by atoms with Gasteiger partial charge in [-0.2, -0.15) is 0 Å². The zero-order valence-electron chi connectivity index (χ0n) is 9.58. The van der Waals surface area contributed by atoms with Gasteiger partial charge in [-0.1, -0.05) is 32.1 Å². The Hall–Kier alpha value is -0.0800. The predicted octanol–water partition coefficient (Wildman–Crippen LogP) is 2.33. The summed E-state index contributed by atoms with van der Waals surface area (Å²) >= 11 is 0. The Balaban J connectivity index is 1.42. The Morgan fingerprint density at radius 1 is 1.00 bits per heavy atom. The van der Waals surface area contributed by atoms with E-state index in [1.54, 1.807) is 0 Å². The van der Waals surface area contributed by atoms with E-state index in [1.807, 2.05) is 0 Å². The molecule has 3 fully saturated rings. The van der Waals surface area contributed by atoms with Crippen molar-refractivity contribution < 1.29 is 4.74 Å². The number of hydrogen-bond acceptors (Lipinski definition) is 2. The van der Waals surface area contributed by atoms with E-state index in [0.717, 1.165) is 31.1 Å². The van der Waals surface area contributed by atoms with E-state index in [2.05, 4.69) is 5.32 Å². The summed E-state index contributed by atoms with van der Waals surface area (Å²) in [6.07, 6.45) is 10.1. The first-order chi connectivity index (χ1) is 7.43. The van der Waals surface area contributed by atoms with Gasteiger partial charge in [0.1, 0.15) is 0 Å². The number of rotatable bonds is 3. The van der Waals surface area contributed by atoms with Crippen LogP contribution in [0, 0.1) is 11.8 Å². The van der Waals surface area contributed by atoms with Gasteiger partial charge in [-0.25, -0.2) is 0 Å². The molecule has 86 valence electrons. The second-order valence-electron chi connectivity index (χ2n) is 5.63. The van der Waals surface area contributed by atoms with E-state index < -0.39 is 0 Å². The van der Waals surface area contributed by atoms with Crippen LogP contribution in [0.4, 0.5) is 0 Å². The van der Waals surface area contributed by atoms with Crippen molar-refractivity contribution in [1.82, 2.24) is 5.32 Å². The second-order valence-corrected chi connectivity index (χ2v) is 5.63.